The molecule has 2 aliphatic rings. The third kappa shape index (κ3) is 4.21. The maximum Gasteiger partial charge on any atom is 0.183 e. The van der Waals surface area contributed by atoms with Crippen molar-refractivity contribution in [1.82, 2.24) is 0 Å². The Morgan fingerprint density at radius 2 is 1.83 bits per heavy atom. The van der Waals surface area contributed by atoms with E-state index in [-0.39, 0.29) is 13.0 Å². The average molecular weight is 350 g/mol. The van der Waals surface area contributed by atoms with Gasteiger partial charge in [-0.05, 0) is 19.2 Å². The molecule has 0 radical (unpaired) electrons. The monoisotopic (exact) mass is 350 g/mol. The van der Waals surface area contributed by atoms with Crippen molar-refractivity contribution in [3.63, 3.8) is 0 Å². The first-order valence-electron chi connectivity index (χ1n) is 7.78. The molecule has 0 aromatic rings. The molecule has 2 saturated heterocycles. The standard InChI is InChI=1S/C14H25NO9/c1-6(18)15-10-12(21)11(20)8(4-16)23-14(10)24-13-7(19)2-3-22-9(13)5-17/h7-14,16-17,19-21H,2-5H2,1H3,(H,15,18)/p-1/t7-,8-,9-,10-,11-,12-,13+,14+/m1/s1. The number of rotatable bonds is 5. The Hall–Kier alpha value is -0.850. The van der Waals surface area contributed by atoms with Crippen LogP contribution in [0, 0.1) is 0 Å². The second kappa shape index (κ2) is 8.50. The van der Waals surface area contributed by atoms with Gasteiger partial charge in [0, 0.05) is 6.61 Å². The highest BCUT2D eigenvalue weighted by atomic mass is 16.7. The van der Waals surface area contributed by atoms with Gasteiger partial charge in [-0.2, -0.15) is 0 Å². The van der Waals surface area contributed by atoms with Gasteiger partial charge in [0.2, 0.25) is 0 Å². The van der Waals surface area contributed by atoms with E-state index in [2.05, 4.69) is 4.99 Å². The molecule has 24 heavy (non-hydrogen) atoms. The molecule has 0 unspecified atom stereocenters. The molecule has 0 aromatic heterocycles. The van der Waals surface area contributed by atoms with E-state index in [1.165, 1.54) is 6.92 Å². The summed E-state index contributed by atoms with van der Waals surface area (Å²) in [4.78, 5) is 3.69. The zero-order valence-electron chi connectivity index (χ0n) is 13.3. The minimum Gasteiger partial charge on any atom is -0.862 e. The highest BCUT2D eigenvalue weighted by Crippen LogP contribution is 2.28. The van der Waals surface area contributed by atoms with Crippen LogP contribution in [0.3, 0.4) is 0 Å². The molecule has 0 aliphatic carbocycles. The number of ether oxygens (including phenoxy) is 3. The van der Waals surface area contributed by atoms with Crippen molar-refractivity contribution in [3.8, 4) is 0 Å². The molecule has 2 aliphatic heterocycles. The number of hydrogen-bond donors (Lipinski definition) is 5. The van der Waals surface area contributed by atoms with Gasteiger partial charge in [-0.1, -0.05) is 0 Å². The number of nitrogens with zero attached hydrogens (tertiary/aromatic N) is 1. The molecule has 10 nitrogen and oxygen atoms in total. The number of aliphatic hydroxyl groups excluding tert-OH is 5. The van der Waals surface area contributed by atoms with Crippen LogP contribution in [0.2, 0.25) is 0 Å². The average Bonchev–Trinajstić information content (AvgIpc) is 2.55. The summed E-state index contributed by atoms with van der Waals surface area (Å²) in [6.45, 7) is 0.429. The summed E-state index contributed by atoms with van der Waals surface area (Å²) in [5.74, 6) is -0.606. The minimum atomic E-state index is -1.50. The Morgan fingerprint density at radius 1 is 1.17 bits per heavy atom. The van der Waals surface area contributed by atoms with Crippen LogP contribution < -0.4 is 5.11 Å². The molecule has 0 aromatic carbocycles. The Morgan fingerprint density at radius 3 is 2.42 bits per heavy atom. The Kier molecular flexibility index (Phi) is 6.89. The summed E-state index contributed by atoms with van der Waals surface area (Å²) < 4.78 is 16.3. The van der Waals surface area contributed by atoms with E-state index in [1.54, 1.807) is 0 Å². The van der Waals surface area contributed by atoms with Crippen molar-refractivity contribution in [3.05, 3.63) is 0 Å². The van der Waals surface area contributed by atoms with Crippen LogP contribution in [0.25, 0.3) is 0 Å². The zero-order valence-corrected chi connectivity index (χ0v) is 13.3. The largest absolute Gasteiger partial charge is 0.862 e. The molecule has 10 heteroatoms. The van der Waals surface area contributed by atoms with Crippen molar-refractivity contribution in [1.29, 1.82) is 0 Å². The predicted molar refractivity (Wildman–Crippen MR) is 77.0 cm³/mol. The van der Waals surface area contributed by atoms with Crippen LogP contribution in [-0.4, -0.2) is 100 Å². The first kappa shape index (κ1) is 19.5. The quantitative estimate of drug-likeness (QED) is 0.246. The van der Waals surface area contributed by atoms with E-state index >= 15 is 0 Å². The second-order valence-corrected chi connectivity index (χ2v) is 5.89. The third-order valence-corrected chi connectivity index (χ3v) is 4.14. The summed E-state index contributed by atoms with van der Waals surface area (Å²) in [7, 11) is 0. The van der Waals surface area contributed by atoms with E-state index in [0.717, 1.165) is 0 Å². The lowest BCUT2D eigenvalue weighted by Gasteiger charge is -2.44. The van der Waals surface area contributed by atoms with Crippen molar-refractivity contribution < 1.29 is 44.8 Å². The first-order valence-corrected chi connectivity index (χ1v) is 7.78. The topological polar surface area (TPSA) is 164 Å². The molecule has 140 valence electrons. The summed E-state index contributed by atoms with van der Waals surface area (Å²) in [6, 6.07) is -1.24. The maximum absolute atomic E-state index is 11.3. The van der Waals surface area contributed by atoms with Crippen LogP contribution in [0.1, 0.15) is 13.3 Å². The molecule has 0 bridgehead atoms. The predicted octanol–water partition coefficient (Wildman–Crippen LogP) is -3.90. The summed E-state index contributed by atoms with van der Waals surface area (Å²) in [6.07, 6.45) is -7.86. The van der Waals surface area contributed by atoms with Gasteiger partial charge in [0.15, 0.2) is 6.29 Å². The van der Waals surface area contributed by atoms with Gasteiger partial charge in [-0.3, -0.25) is 4.99 Å². The van der Waals surface area contributed by atoms with Crippen molar-refractivity contribution in [2.75, 3.05) is 19.8 Å². The van der Waals surface area contributed by atoms with Crippen molar-refractivity contribution >= 4 is 5.90 Å². The van der Waals surface area contributed by atoms with Crippen molar-refractivity contribution in [2.45, 2.75) is 62.3 Å². The molecule has 2 heterocycles. The SMILES string of the molecule is CC([O-])=N[C@H]1[C@H](O[C@H]2[C@H](O)CCO[C@@H]2CO)O[C@H](CO)[C@@H](O)[C@@H]1O. The molecule has 0 saturated carbocycles. The molecule has 0 amide bonds. The maximum atomic E-state index is 11.3. The number of hydrogen-bond acceptors (Lipinski definition) is 10. The van der Waals surface area contributed by atoms with Crippen LogP contribution in [-0.2, 0) is 14.2 Å². The molecule has 0 spiro atoms. The van der Waals surface area contributed by atoms with Gasteiger partial charge < -0.3 is 44.8 Å². The Bertz CT molecular complexity index is 430. The van der Waals surface area contributed by atoms with Crippen LogP contribution in [0.15, 0.2) is 4.99 Å². The smallest absolute Gasteiger partial charge is 0.183 e. The molecule has 8 atom stereocenters. The van der Waals surface area contributed by atoms with E-state index in [4.69, 9.17) is 14.2 Å². The van der Waals surface area contributed by atoms with Gasteiger partial charge in [0.05, 0.1) is 19.3 Å². The Labute approximate surface area is 138 Å². The number of aliphatic imine (C=N–C) groups is 1. The molecule has 2 fully saturated rings. The highest BCUT2D eigenvalue weighted by Gasteiger charge is 2.47. The second-order valence-electron chi connectivity index (χ2n) is 5.89. The zero-order chi connectivity index (χ0) is 17.9. The fraction of sp³-hybridized carbons (Fsp3) is 0.929. The highest BCUT2D eigenvalue weighted by molar-refractivity contribution is 5.68. The number of aliphatic hydroxyl groups is 5. The fourth-order valence-electron chi connectivity index (χ4n) is 2.86. The molecular formula is C14H24NO9-. The van der Waals surface area contributed by atoms with Gasteiger partial charge in [0.1, 0.15) is 36.6 Å². The normalized spacial score (nSPS) is 44.5. The lowest BCUT2D eigenvalue weighted by molar-refractivity contribution is -0.304. The van der Waals surface area contributed by atoms with Gasteiger partial charge >= 0.3 is 0 Å². The lowest BCUT2D eigenvalue weighted by Crippen LogP contribution is -2.61. The van der Waals surface area contributed by atoms with Gasteiger partial charge in [-0.25, -0.2) is 0 Å². The van der Waals surface area contributed by atoms with Gasteiger partial charge in [0.25, 0.3) is 0 Å². The molecule has 2 rings (SSSR count). The fourth-order valence-corrected chi connectivity index (χ4v) is 2.86. The first-order chi connectivity index (χ1) is 11.4. The van der Waals surface area contributed by atoms with Gasteiger partial charge in [-0.15, -0.1) is 0 Å². The van der Waals surface area contributed by atoms with Crippen LogP contribution >= 0.6 is 0 Å². The van der Waals surface area contributed by atoms with E-state index in [1.807, 2.05) is 0 Å². The summed E-state index contributed by atoms with van der Waals surface area (Å²) in [5, 5.41) is 60.1. The van der Waals surface area contributed by atoms with E-state index in [0.29, 0.717) is 0 Å². The van der Waals surface area contributed by atoms with Crippen LogP contribution in [0.4, 0.5) is 0 Å². The lowest BCUT2D eigenvalue weighted by atomic mass is 9.96. The summed E-state index contributed by atoms with van der Waals surface area (Å²) >= 11 is 0. The van der Waals surface area contributed by atoms with E-state index in [9.17, 15) is 30.6 Å². The van der Waals surface area contributed by atoms with Crippen molar-refractivity contribution in [2.24, 2.45) is 4.99 Å². The Balaban J connectivity index is 2.20. The van der Waals surface area contributed by atoms with E-state index < -0.39 is 68.1 Å². The molecular weight excluding hydrogens is 326 g/mol. The third-order valence-electron chi connectivity index (χ3n) is 4.14. The molecule has 5 N–H and O–H groups in total. The summed E-state index contributed by atoms with van der Waals surface area (Å²) in [5.41, 5.74) is 0. The van der Waals surface area contributed by atoms with Crippen LogP contribution in [0.5, 0.6) is 0 Å². The minimum absolute atomic E-state index is 0.250.